The molecule has 0 fully saturated rings. The third-order valence-electron chi connectivity index (χ3n) is 3.44. The van der Waals surface area contributed by atoms with Crippen LogP contribution in [0, 0.1) is 0 Å². The molecule has 6 heteroatoms. The van der Waals surface area contributed by atoms with E-state index in [1.807, 2.05) is 43.0 Å². The highest BCUT2D eigenvalue weighted by Crippen LogP contribution is 2.42. The zero-order chi connectivity index (χ0) is 13.7. The molecule has 0 N–H and O–H groups in total. The van der Waals surface area contributed by atoms with Gasteiger partial charge in [-0.05, 0) is 36.4 Å². The maximum absolute atomic E-state index is 4.23. The largest absolute Gasteiger partial charge is 0.378 e. The van der Waals surface area contributed by atoms with Gasteiger partial charge in [-0.25, -0.2) is 4.68 Å². The van der Waals surface area contributed by atoms with Crippen LogP contribution >= 0.6 is 0 Å². The predicted octanol–water partition coefficient (Wildman–Crippen LogP) is 3.22. The van der Waals surface area contributed by atoms with Gasteiger partial charge in [0.2, 0.25) is 0 Å². The monoisotopic (exact) mass is 264 g/mol. The number of rotatable bonds is 2. The number of hydrogen-bond acceptors (Lipinski definition) is 5. The average Bonchev–Trinajstić information content (AvgIpc) is 2.82. The van der Waals surface area contributed by atoms with Gasteiger partial charge in [-0.15, -0.1) is 15.3 Å². The van der Waals surface area contributed by atoms with Crippen LogP contribution in [0.1, 0.15) is 0 Å². The Kier molecular flexibility index (Phi) is 2.14. The minimum Gasteiger partial charge on any atom is -0.378 e. The van der Waals surface area contributed by atoms with Gasteiger partial charge < -0.3 is 4.90 Å². The van der Waals surface area contributed by atoms with Crippen LogP contribution in [0.25, 0.3) is 16.7 Å². The number of azo groups is 1. The van der Waals surface area contributed by atoms with E-state index in [9.17, 15) is 0 Å². The fraction of sp³-hybridized carbons (Fsp3) is 0.143. The van der Waals surface area contributed by atoms with Crippen LogP contribution in [0.3, 0.4) is 0 Å². The van der Waals surface area contributed by atoms with Crippen molar-refractivity contribution in [2.24, 2.45) is 10.2 Å². The molecule has 1 aromatic heterocycles. The Morgan fingerprint density at radius 1 is 0.950 bits per heavy atom. The molecule has 0 atom stereocenters. The van der Waals surface area contributed by atoms with E-state index in [0.717, 1.165) is 33.8 Å². The molecule has 0 bridgehead atoms. The van der Waals surface area contributed by atoms with Crippen molar-refractivity contribution in [3.63, 3.8) is 0 Å². The van der Waals surface area contributed by atoms with Crippen molar-refractivity contribution < 1.29 is 0 Å². The zero-order valence-corrected chi connectivity index (χ0v) is 11.1. The number of aromatic nitrogens is 3. The van der Waals surface area contributed by atoms with E-state index < -0.39 is 0 Å². The molecule has 0 saturated carbocycles. The van der Waals surface area contributed by atoms with Crippen molar-refractivity contribution in [1.82, 2.24) is 15.0 Å². The number of hydrogen-bond donors (Lipinski definition) is 0. The van der Waals surface area contributed by atoms with Gasteiger partial charge in [0.1, 0.15) is 16.9 Å². The van der Waals surface area contributed by atoms with Crippen LogP contribution in [-0.2, 0) is 0 Å². The molecule has 2 aromatic carbocycles. The van der Waals surface area contributed by atoms with E-state index in [-0.39, 0.29) is 0 Å². The first kappa shape index (κ1) is 11.1. The zero-order valence-electron chi connectivity index (χ0n) is 11.1. The van der Waals surface area contributed by atoms with Crippen molar-refractivity contribution in [2.45, 2.75) is 0 Å². The molecule has 0 radical (unpaired) electrons. The molecule has 2 heterocycles. The average molecular weight is 264 g/mol. The Balaban J connectivity index is 1.85. The van der Waals surface area contributed by atoms with Gasteiger partial charge in [0, 0.05) is 19.8 Å². The minimum atomic E-state index is 0.800. The Morgan fingerprint density at radius 3 is 2.40 bits per heavy atom. The normalized spacial score (nSPS) is 12.3. The van der Waals surface area contributed by atoms with Gasteiger partial charge in [-0.3, -0.25) is 0 Å². The first-order valence-electron chi connectivity index (χ1n) is 6.32. The predicted molar refractivity (Wildman–Crippen MR) is 77.4 cm³/mol. The molecule has 1 aliphatic heterocycles. The van der Waals surface area contributed by atoms with Gasteiger partial charge in [0.05, 0.1) is 11.2 Å². The van der Waals surface area contributed by atoms with E-state index >= 15 is 0 Å². The van der Waals surface area contributed by atoms with Crippen LogP contribution in [0.4, 0.5) is 17.1 Å². The molecule has 4 rings (SSSR count). The van der Waals surface area contributed by atoms with Gasteiger partial charge in [-0.2, -0.15) is 0 Å². The maximum atomic E-state index is 4.23. The first-order valence-corrected chi connectivity index (χ1v) is 6.32. The second-order valence-electron chi connectivity index (χ2n) is 4.91. The molecule has 0 unspecified atom stereocenters. The Bertz CT molecular complexity index is 829. The molecule has 20 heavy (non-hydrogen) atoms. The fourth-order valence-electron chi connectivity index (χ4n) is 2.29. The lowest BCUT2D eigenvalue weighted by atomic mass is 10.2. The molecular formula is C14H12N6. The van der Waals surface area contributed by atoms with E-state index in [1.54, 1.807) is 0 Å². The first-order chi connectivity index (χ1) is 9.74. The standard InChI is InChI=1S/C14H12N6/c1-19(2)9-3-5-10(6-4-9)20-12-8-7-11-13(16-15-11)14(12)17-18-20/h3-8H,1-2H3. The highest BCUT2D eigenvalue weighted by Gasteiger charge is 2.18. The van der Waals surface area contributed by atoms with Crippen molar-refractivity contribution in [3.05, 3.63) is 36.4 Å². The van der Waals surface area contributed by atoms with Crippen molar-refractivity contribution in [3.8, 4) is 5.69 Å². The summed E-state index contributed by atoms with van der Waals surface area (Å²) in [4.78, 5) is 2.06. The molecule has 0 spiro atoms. The number of fused-ring (bicyclic) bond motifs is 3. The Labute approximate surface area is 115 Å². The van der Waals surface area contributed by atoms with E-state index in [2.05, 4.69) is 37.6 Å². The molecule has 1 aliphatic rings. The third kappa shape index (κ3) is 1.45. The van der Waals surface area contributed by atoms with E-state index in [1.165, 1.54) is 0 Å². The van der Waals surface area contributed by atoms with Crippen molar-refractivity contribution >= 4 is 28.1 Å². The lowest BCUT2D eigenvalue weighted by Crippen LogP contribution is -2.08. The summed E-state index contributed by atoms with van der Waals surface area (Å²) in [6, 6.07) is 12.1. The van der Waals surface area contributed by atoms with E-state index in [0.29, 0.717) is 0 Å². The van der Waals surface area contributed by atoms with Crippen LogP contribution in [0.2, 0.25) is 0 Å². The molecule has 0 saturated heterocycles. The second kappa shape index (κ2) is 3.86. The maximum Gasteiger partial charge on any atom is 0.143 e. The fourth-order valence-corrected chi connectivity index (χ4v) is 2.29. The summed E-state index contributed by atoms with van der Waals surface area (Å²) in [7, 11) is 4.04. The Hall–Kier alpha value is -2.76. The number of nitrogens with zero attached hydrogens (tertiary/aromatic N) is 6. The minimum absolute atomic E-state index is 0.800. The smallest absolute Gasteiger partial charge is 0.143 e. The summed E-state index contributed by atoms with van der Waals surface area (Å²) < 4.78 is 1.82. The molecule has 3 aromatic rings. The van der Waals surface area contributed by atoms with Gasteiger partial charge in [0.25, 0.3) is 0 Å². The van der Waals surface area contributed by atoms with Crippen LogP contribution < -0.4 is 4.90 Å². The topological polar surface area (TPSA) is 58.7 Å². The Morgan fingerprint density at radius 2 is 1.75 bits per heavy atom. The molecule has 6 nitrogen and oxygen atoms in total. The van der Waals surface area contributed by atoms with Crippen LogP contribution in [0.5, 0.6) is 0 Å². The molecule has 0 amide bonds. The van der Waals surface area contributed by atoms with Gasteiger partial charge in [0.15, 0.2) is 0 Å². The summed E-state index contributed by atoms with van der Waals surface area (Å²) in [5, 5.41) is 16.4. The van der Waals surface area contributed by atoms with Gasteiger partial charge >= 0.3 is 0 Å². The summed E-state index contributed by atoms with van der Waals surface area (Å²) in [6.07, 6.45) is 0. The summed E-state index contributed by atoms with van der Waals surface area (Å²) in [6.45, 7) is 0. The van der Waals surface area contributed by atoms with E-state index in [4.69, 9.17) is 0 Å². The highest BCUT2D eigenvalue weighted by molar-refractivity contribution is 5.95. The van der Waals surface area contributed by atoms with Gasteiger partial charge in [-0.1, -0.05) is 5.21 Å². The lowest BCUT2D eigenvalue weighted by Gasteiger charge is -2.12. The summed E-state index contributed by atoms with van der Waals surface area (Å²) >= 11 is 0. The quantitative estimate of drug-likeness (QED) is 0.558. The highest BCUT2D eigenvalue weighted by atomic mass is 15.4. The second-order valence-corrected chi connectivity index (χ2v) is 4.91. The summed E-state index contributed by atoms with van der Waals surface area (Å²) in [5.41, 5.74) is 5.59. The molecule has 98 valence electrons. The van der Waals surface area contributed by atoms with Crippen LogP contribution in [0.15, 0.2) is 46.6 Å². The van der Waals surface area contributed by atoms with Crippen molar-refractivity contribution in [2.75, 3.05) is 19.0 Å². The van der Waals surface area contributed by atoms with Crippen molar-refractivity contribution in [1.29, 1.82) is 0 Å². The van der Waals surface area contributed by atoms with Crippen LogP contribution in [-0.4, -0.2) is 29.1 Å². The molecule has 0 aliphatic carbocycles. The molecular weight excluding hydrogens is 252 g/mol. The number of anilines is 1. The summed E-state index contributed by atoms with van der Waals surface area (Å²) in [5.74, 6) is 0. The SMILES string of the molecule is CN(C)c1ccc(-n2nnc3c4c(ccc32)N=N4)cc1. The number of benzene rings is 2. The third-order valence-corrected chi connectivity index (χ3v) is 3.44. The lowest BCUT2D eigenvalue weighted by molar-refractivity contribution is 0.824.